The van der Waals surface area contributed by atoms with Gasteiger partial charge in [-0.2, -0.15) is 5.10 Å². The Morgan fingerprint density at radius 2 is 1.57 bits per heavy atom. The smallest absolute Gasteiger partial charge is 0.268 e. The Balaban J connectivity index is 1.86. The summed E-state index contributed by atoms with van der Waals surface area (Å²) in [6.45, 7) is 0. The maximum Gasteiger partial charge on any atom is 0.268 e. The monoisotopic (exact) mass is 303 g/mol. The SMILES string of the molecule is c1ccc(NN=C(N=Nc2ncccn2)c2ccncc2)cc1. The maximum absolute atomic E-state index is 4.30. The van der Waals surface area contributed by atoms with Gasteiger partial charge in [-0.05, 0) is 30.3 Å². The van der Waals surface area contributed by atoms with Gasteiger partial charge in [0.25, 0.3) is 5.95 Å². The molecule has 2 aromatic heterocycles. The number of pyridine rings is 1. The number of para-hydroxylation sites is 1. The summed E-state index contributed by atoms with van der Waals surface area (Å²) in [5, 5.41) is 12.4. The van der Waals surface area contributed by atoms with Gasteiger partial charge in [0.05, 0.1) is 5.69 Å². The molecule has 7 nitrogen and oxygen atoms in total. The molecule has 0 aliphatic heterocycles. The minimum absolute atomic E-state index is 0.272. The van der Waals surface area contributed by atoms with E-state index in [0.717, 1.165) is 11.3 Å². The Kier molecular flexibility index (Phi) is 4.72. The van der Waals surface area contributed by atoms with Crippen molar-refractivity contribution >= 4 is 17.5 Å². The van der Waals surface area contributed by atoms with Gasteiger partial charge >= 0.3 is 0 Å². The van der Waals surface area contributed by atoms with E-state index >= 15 is 0 Å². The van der Waals surface area contributed by atoms with Gasteiger partial charge in [-0.3, -0.25) is 10.4 Å². The van der Waals surface area contributed by atoms with E-state index in [2.05, 4.69) is 35.7 Å². The number of nitrogens with zero attached hydrogens (tertiary/aromatic N) is 6. The Bertz CT molecular complexity index is 786. The second-order valence-corrected chi connectivity index (χ2v) is 4.40. The summed E-state index contributed by atoms with van der Waals surface area (Å²) in [7, 11) is 0. The van der Waals surface area contributed by atoms with Crippen LogP contribution in [0.3, 0.4) is 0 Å². The standard InChI is InChI=1S/C16H13N7/c1-2-5-14(6-3-1)20-21-15(13-7-11-17-12-8-13)22-23-16-18-9-4-10-19-16/h1-12,20H. The summed E-state index contributed by atoms with van der Waals surface area (Å²) < 4.78 is 0. The molecule has 0 radical (unpaired) electrons. The lowest BCUT2D eigenvalue weighted by Crippen LogP contribution is -2.01. The van der Waals surface area contributed by atoms with Crippen LogP contribution in [0.25, 0.3) is 0 Å². The molecular formula is C16H13N7. The number of azo groups is 1. The molecule has 3 rings (SSSR count). The molecule has 2 heterocycles. The van der Waals surface area contributed by atoms with Gasteiger partial charge in [0, 0.05) is 30.4 Å². The van der Waals surface area contributed by atoms with Crippen LogP contribution in [0.4, 0.5) is 11.6 Å². The van der Waals surface area contributed by atoms with Gasteiger partial charge in [0.15, 0.2) is 0 Å². The third-order valence-electron chi connectivity index (χ3n) is 2.79. The fourth-order valence-electron chi connectivity index (χ4n) is 1.71. The fraction of sp³-hybridized carbons (Fsp3) is 0. The summed E-state index contributed by atoms with van der Waals surface area (Å²) in [6, 6.07) is 14.9. The van der Waals surface area contributed by atoms with Crippen LogP contribution in [0, 0.1) is 0 Å². The largest absolute Gasteiger partial charge is 0.276 e. The lowest BCUT2D eigenvalue weighted by atomic mass is 10.2. The van der Waals surface area contributed by atoms with Crippen molar-refractivity contribution in [3.8, 4) is 0 Å². The van der Waals surface area contributed by atoms with E-state index < -0.39 is 0 Å². The van der Waals surface area contributed by atoms with Gasteiger partial charge in [0.1, 0.15) is 0 Å². The molecule has 3 aromatic rings. The van der Waals surface area contributed by atoms with Crippen LogP contribution in [-0.4, -0.2) is 20.8 Å². The Morgan fingerprint density at radius 1 is 0.826 bits per heavy atom. The summed E-state index contributed by atoms with van der Waals surface area (Å²) >= 11 is 0. The zero-order valence-electron chi connectivity index (χ0n) is 12.1. The minimum atomic E-state index is 0.272. The van der Waals surface area contributed by atoms with Crippen molar-refractivity contribution in [2.24, 2.45) is 15.3 Å². The lowest BCUT2D eigenvalue weighted by Gasteiger charge is -2.02. The molecule has 0 saturated carbocycles. The molecule has 7 heteroatoms. The van der Waals surface area contributed by atoms with Gasteiger partial charge in [-0.15, -0.1) is 10.2 Å². The molecule has 0 atom stereocenters. The molecule has 23 heavy (non-hydrogen) atoms. The van der Waals surface area contributed by atoms with Crippen LogP contribution >= 0.6 is 0 Å². The average Bonchev–Trinajstić information content (AvgIpc) is 2.64. The number of benzene rings is 1. The third-order valence-corrected chi connectivity index (χ3v) is 2.79. The number of hydrogen-bond donors (Lipinski definition) is 1. The first kappa shape index (κ1) is 14.5. The zero-order chi connectivity index (χ0) is 15.7. The maximum atomic E-state index is 4.30. The van der Waals surface area contributed by atoms with E-state index in [4.69, 9.17) is 0 Å². The molecule has 0 saturated heterocycles. The number of hydrazone groups is 1. The number of aromatic nitrogens is 3. The molecule has 0 fully saturated rings. The van der Waals surface area contributed by atoms with Crippen LogP contribution in [-0.2, 0) is 0 Å². The highest BCUT2D eigenvalue weighted by atomic mass is 15.3. The highest BCUT2D eigenvalue weighted by molar-refractivity contribution is 5.99. The Labute approximate surface area is 132 Å². The third kappa shape index (κ3) is 4.24. The first-order chi connectivity index (χ1) is 11.4. The number of nitrogens with one attached hydrogen (secondary N) is 1. The van der Waals surface area contributed by atoms with Crippen molar-refractivity contribution < 1.29 is 0 Å². The topological polar surface area (TPSA) is 87.8 Å². The van der Waals surface area contributed by atoms with Crippen LogP contribution < -0.4 is 5.43 Å². The highest BCUT2D eigenvalue weighted by Gasteiger charge is 2.03. The number of anilines is 1. The van der Waals surface area contributed by atoms with Crippen LogP contribution in [0.1, 0.15) is 5.56 Å². The zero-order valence-corrected chi connectivity index (χ0v) is 12.1. The fourth-order valence-corrected chi connectivity index (χ4v) is 1.71. The molecule has 1 aromatic carbocycles. The molecular weight excluding hydrogens is 290 g/mol. The first-order valence-corrected chi connectivity index (χ1v) is 6.90. The van der Waals surface area contributed by atoms with E-state index in [0.29, 0.717) is 5.84 Å². The van der Waals surface area contributed by atoms with Crippen molar-refractivity contribution in [2.75, 3.05) is 5.43 Å². The molecule has 0 bridgehead atoms. The average molecular weight is 303 g/mol. The van der Waals surface area contributed by atoms with Crippen molar-refractivity contribution in [1.29, 1.82) is 0 Å². The Hall–Kier alpha value is -3.48. The Morgan fingerprint density at radius 3 is 2.30 bits per heavy atom. The normalized spacial score (nSPS) is 11.6. The van der Waals surface area contributed by atoms with E-state index in [1.165, 1.54) is 0 Å². The molecule has 0 unspecified atom stereocenters. The van der Waals surface area contributed by atoms with E-state index in [9.17, 15) is 0 Å². The quantitative estimate of drug-likeness (QED) is 0.346. The number of amidine groups is 1. The highest BCUT2D eigenvalue weighted by Crippen LogP contribution is 2.09. The summed E-state index contributed by atoms with van der Waals surface area (Å²) in [5.41, 5.74) is 4.59. The van der Waals surface area contributed by atoms with Gasteiger partial charge in [0.2, 0.25) is 5.84 Å². The van der Waals surface area contributed by atoms with Gasteiger partial charge in [-0.25, -0.2) is 9.97 Å². The molecule has 0 aliphatic carbocycles. The van der Waals surface area contributed by atoms with E-state index in [-0.39, 0.29) is 5.95 Å². The predicted octanol–water partition coefficient (Wildman–Crippen LogP) is 3.43. The van der Waals surface area contributed by atoms with Crippen LogP contribution in [0.5, 0.6) is 0 Å². The summed E-state index contributed by atoms with van der Waals surface area (Å²) in [4.78, 5) is 12.0. The van der Waals surface area contributed by atoms with Crippen molar-refractivity contribution in [1.82, 2.24) is 15.0 Å². The second kappa shape index (κ2) is 7.51. The van der Waals surface area contributed by atoms with Crippen LogP contribution in [0.2, 0.25) is 0 Å². The predicted molar refractivity (Wildman–Crippen MR) is 87.4 cm³/mol. The first-order valence-electron chi connectivity index (χ1n) is 6.90. The van der Waals surface area contributed by atoms with Gasteiger partial charge < -0.3 is 0 Å². The van der Waals surface area contributed by atoms with E-state index in [1.807, 2.05) is 30.3 Å². The second-order valence-electron chi connectivity index (χ2n) is 4.40. The molecule has 1 N–H and O–H groups in total. The van der Waals surface area contributed by atoms with Crippen molar-refractivity contribution in [2.45, 2.75) is 0 Å². The van der Waals surface area contributed by atoms with Crippen molar-refractivity contribution in [3.63, 3.8) is 0 Å². The van der Waals surface area contributed by atoms with E-state index in [1.54, 1.807) is 43.0 Å². The summed E-state index contributed by atoms with van der Waals surface area (Å²) in [5.74, 6) is 0.678. The molecule has 0 amide bonds. The number of hydrogen-bond acceptors (Lipinski definition) is 6. The number of rotatable bonds is 4. The lowest BCUT2D eigenvalue weighted by molar-refractivity contribution is 1.07. The van der Waals surface area contributed by atoms with Crippen molar-refractivity contribution in [3.05, 3.63) is 78.9 Å². The summed E-state index contributed by atoms with van der Waals surface area (Å²) in [6.07, 6.45) is 6.55. The van der Waals surface area contributed by atoms with Crippen LogP contribution in [0.15, 0.2) is 88.6 Å². The molecule has 0 aliphatic rings. The molecule has 112 valence electrons. The van der Waals surface area contributed by atoms with Gasteiger partial charge in [-0.1, -0.05) is 18.2 Å². The minimum Gasteiger partial charge on any atom is -0.276 e. The molecule has 0 spiro atoms.